The van der Waals surface area contributed by atoms with Gasteiger partial charge in [0.2, 0.25) is 11.8 Å². The Morgan fingerprint density at radius 1 is 1.22 bits per heavy atom. The molecule has 0 N–H and O–H groups in total. The van der Waals surface area contributed by atoms with E-state index in [-0.39, 0.29) is 30.2 Å². The van der Waals surface area contributed by atoms with E-state index < -0.39 is 0 Å². The molecule has 1 unspecified atom stereocenters. The number of halogens is 1. The lowest BCUT2D eigenvalue weighted by molar-refractivity contribution is -0.158. The van der Waals surface area contributed by atoms with Gasteiger partial charge in [-0.2, -0.15) is 0 Å². The molecule has 0 aliphatic carbocycles. The van der Waals surface area contributed by atoms with Crippen LogP contribution in [-0.2, 0) is 9.59 Å². The van der Waals surface area contributed by atoms with Gasteiger partial charge in [-0.15, -0.1) is 0 Å². The third kappa shape index (κ3) is 3.42. The highest BCUT2D eigenvalue weighted by atomic mass is 19.1. The van der Waals surface area contributed by atoms with E-state index in [0.717, 1.165) is 12.1 Å². The maximum Gasteiger partial charge on any atom is 0.246 e. The van der Waals surface area contributed by atoms with E-state index in [1.54, 1.807) is 24.1 Å². The molecule has 0 radical (unpaired) electrons. The van der Waals surface area contributed by atoms with Crippen LogP contribution in [0.5, 0.6) is 0 Å². The molecular weight excluding hydrogens is 297 g/mol. The van der Waals surface area contributed by atoms with Crippen molar-refractivity contribution in [3.8, 4) is 0 Å². The molecule has 0 saturated carbocycles. The lowest BCUT2D eigenvalue weighted by Gasteiger charge is -2.45. The first-order valence-corrected chi connectivity index (χ1v) is 7.73. The van der Waals surface area contributed by atoms with Gasteiger partial charge >= 0.3 is 0 Å². The molecule has 0 aromatic heterocycles. The molecule has 1 aromatic carbocycles. The zero-order valence-electron chi connectivity index (χ0n) is 13.1. The largest absolute Gasteiger partial charge is 0.335 e. The average molecular weight is 317 g/mol. The molecule has 6 heteroatoms. The monoisotopic (exact) mass is 317 g/mol. The van der Waals surface area contributed by atoms with Crippen molar-refractivity contribution in [3.63, 3.8) is 0 Å². The number of amides is 2. The maximum atomic E-state index is 12.9. The normalized spacial score (nSPS) is 22.8. The SMILES string of the molecule is CN1CC(=O)N2CCN(CC=Cc3ccc(F)cc3)CC2C1=O. The van der Waals surface area contributed by atoms with Gasteiger partial charge in [-0.3, -0.25) is 14.5 Å². The molecule has 2 aliphatic rings. The quantitative estimate of drug-likeness (QED) is 0.829. The van der Waals surface area contributed by atoms with Crippen molar-refractivity contribution < 1.29 is 14.0 Å². The number of carbonyl (C=O) groups is 2. The minimum absolute atomic E-state index is 0.0109. The molecule has 2 amide bonds. The van der Waals surface area contributed by atoms with Crippen molar-refractivity contribution in [2.45, 2.75) is 6.04 Å². The van der Waals surface area contributed by atoms with Crippen molar-refractivity contribution in [1.82, 2.24) is 14.7 Å². The van der Waals surface area contributed by atoms with Crippen LogP contribution in [0.25, 0.3) is 6.08 Å². The molecule has 0 spiro atoms. The standard InChI is InChI=1S/C17H20FN3O2/c1-19-12-16(22)21-10-9-20(11-15(21)17(19)23)8-2-3-13-4-6-14(18)7-5-13/h2-7,15H,8-12H2,1H3. The Morgan fingerprint density at radius 3 is 2.70 bits per heavy atom. The van der Waals surface area contributed by atoms with Gasteiger partial charge in [0.15, 0.2) is 0 Å². The highest BCUT2D eigenvalue weighted by Crippen LogP contribution is 2.17. The Labute approximate surface area is 135 Å². The van der Waals surface area contributed by atoms with Crippen molar-refractivity contribution in [3.05, 3.63) is 41.7 Å². The Kier molecular flexibility index (Phi) is 4.43. The van der Waals surface area contributed by atoms with Gasteiger partial charge in [-0.1, -0.05) is 24.3 Å². The molecule has 0 bridgehead atoms. The maximum absolute atomic E-state index is 12.9. The minimum atomic E-state index is -0.366. The van der Waals surface area contributed by atoms with Gasteiger partial charge in [0, 0.05) is 33.2 Å². The van der Waals surface area contributed by atoms with Crippen LogP contribution in [0.1, 0.15) is 5.56 Å². The van der Waals surface area contributed by atoms with Crippen molar-refractivity contribution in [2.24, 2.45) is 0 Å². The molecule has 2 heterocycles. The molecule has 23 heavy (non-hydrogen) atoms. The van der Waals surface area contributed by atoms with Gasteiger partial charge in [-0.05, 0) is 17.7 Å². The van der Waals surface area contributed by atoms with E-state index in [2.05, 4.69) is 4.90 Å². The number of hydrogen-bond donors (Lipinski definition) is 0. The topological polar surface area (TPSA) is 43.9 Å². The van der Waals surface area contributed by atoms with Gasteiger partial charge < -0.3 is 9.80 Å². The summed E-state index contributed by atoms with van der Waals surface area (Å²) in [6, 6.07) is 5.94. The fraction of sp³-hybridized carbons (Fsp3) is 0.412. The first kappa shape index (κ1) is 15.7. The summed E-state index contributed by atoms with van der Waals surface area (Å²) in [6.45, 7) is 2.79. The summed E-state index contributed by atoms with van der Waals surface area (Å²) in [5, 5.41) is 0. The van der Waals surface area contributed by atoms with E-state index in [1.807, 2.05) is 12.2 Å². The molecule has 2 saturated heterocycles. The van der Waals surface area contributed by atoms with Crippen molar-refractivity contribution >= 4 is 17.9 Å². The molecular formula is C17H20FN3O2. The zero-order valence-corrected chi connectivity index (χ0v) is 13.1. The van der Waals surface area contributed by atoms with Gasteiger partial charge in [0.1, 0.15) is 11.9 Å². The second kappa shape index (κ2) is 6.50. The number of benzene rings is 1. The number of carbonyl (C=O) groups excluding carboxylic acids is 2. The summed E-state index contributed by atoms with van der Waals surface area (Å²) >= 11 is 0. The second-order valence-electron chi connectivity index (χ2n) is 6.01. The summed E-state index contributed by atoms with van der Waals surface area (Å²) in [5.74, 6) is -0.210. The highest BCUT2D eigenvalue weighted by molar-refractivity contribution is 5.95. The van der Waals surface area contributed by atoms with Crippen LogP contribution in [0.4, 0.5) is 4.39 Å². The van der Waals surface area contributed by atoms with E-state index in [9.17, 15) is 14.0 Å². The van der Waals surface area contributed by atoms with E-state index >= 15 is 0 Å². The smallest absolute Gasteiger partial charge is 0.246 e. The van der Waals surface area contributed by atoms with Crippen LogP contribution in [0.2, 0.25) is 0 Å². The van der Waals surface area contributed by atoms with Crippen molar-refractivity contribution in [1.29, 1.82) is 0 Å². The Morgan fingerprint density at radius 2 is 1.96 bits per heavy atom. The van der Waals surface area contributed by atoms with Crippen LogP contribution in [0.15, 0.2) is 30.3 Å². The molecule has 2 fully saturated rings. The number of likely N-dealkylation sites (N-methyl/N-ethyl adjacent to an activating group) is 1. The van der Waals surface area contributed by atoms with E-state index in [4.69, 9.17) is 0 Å². The zero-order chi connectivity index (χ0) is 16.4. The molecule has 2 aliphatic heterocycles. The van der Waals surface area contributed by atoms with Crippen molar-refractivity contribution in [2.75, 3.05) is 39.8 Å². The molecule has 1 aromatic rings. The third-order valence-corrected chi connectivity index (χ3v) is 4.36. The van der Waals surface area contributed by atoms with Crippen LogP contribution in [0, 0.1) is 5.82 Å². The predicted molar refractivity (Wildman–Crippen MR) is 85.0 cm³/mol. The van der Waals surface area contributed by atoms with Crippen LogP contribution in [-0.4, -0.2) is 72.3 Å². The molecule has 5 nitrogen and oxygen atoms in total. The van der Waals surface area contributed by atoms with Crippen LogP contribution >= 0.6 is 0 Å². The molecule has 1 atom stereocenters. The number of fused-ring (bicyclic) bond motifs is 1. The Balaban J connectivity index is 1.59. The number of nitrogens with zero attached hydrogens (tertiary/aromatic N) is 3. The summed E-state index contributed by atoms with van der Waals surface area (Å²) in [7, 11) is 1.67. The second-order valence-corrected chi connectivity index (χ2v) is 6.01. The summed E-state index contributed by atoms with van der Waals surface area (Å²) in [5.41, 5.74) is 0.939. The molecule has 122 valence electrons. The van der Waals surface area contributed by atoms with Gasteiger partial charge in [-0.25, -0.2) is 4.39 Å². The fourth-order valence-electron chi connectivity index (χ4n) is 3.05. The average Bonchev–Trinajstić information content (AvgIpc) is 2.54. The first-order valence-electron chi connectivity index (χ1n) is 7.73. The summed E-state index contributed by atoms with van der Waals surface area (Å²) in [4.78, 5) is 29.6. The Bertz CT molecular complexity index is 629. The lowest BCUT2D eigenvalue weighted by Crippen LogP contribution is -2.66. The first-order chi connectivity index (χ1) is 11.0. The van der Waals surface area contributed by atoms with Crippen LogP contribution < -0.4 is 0 Å². The van der Waals surface area contributed by atoms with Gasteiger partial charge in [0.25, 0.3) is 0 Å². The van der Waals surface area contributed by atoms with E-state index in [0.29, 0.717) is 19.6 Å². The van der Waals surface area contributed by atoms with Gasteiger partial charge in [0.05, 0.1) is 6.54 Å². The summed E-state index contributed by atoms with van der Waals surface area (Å²) < 4.78 is 12.9. The summed E-state index contributed by atoms with van der Waals surface area (Å²) in [6.07, 6.45) is 3.94. The number of piperazine rings is 2. The molecule has 3 rings (SSSR count). The van der Waals surface area contributed by atoms with Crippen LogP contribution in [0.3, 0.4) is 0 Å². The third-order valence-electron chi connectivity index (χ3n) is 4.36. The lowest BCUT2D eigenvalue weighted by atomic mass is 10.1. The van der Waals surface area contributed by atoms with E-state index in [1.165, 1.54) is 17.0 Å². The highest BCUT2D eigenvalue weighted by Gasteiger charge is 2.40. The number of hydrogen-bond acceptors (Lipinski definition) is 3. The predicted octanol–water partition coefficient (Wildman–Crippen LogP) is 0.824. The minimum Gasteiger partial charge on any atom is -0.335 e. The Hall–Kier alpha value is -2.21. The fourth-order valence-corrected chi connectivity index (χ4v) is 3.05. The number of rotatable bonds is 3.